The highest BCUT2D eigenvalue weighted by molar-refractivity contribution is 9.10. The predicted octanol–water partition coefficient (Wildman–Crippen LogP) is 2.63. The maximum atomic E-state index is 12.3. The van der Waals surface area contributed by atoms with Gasteiger partial charge in [-0.2, -0.15) is 5.10 Å². The molecule has 0 aliphatic heterocycles. The van der Waals surface area contributed by atoms with Crippen molar-refractivity contribution in [1.82, 2.24) is 10.2 Å². The fourth-order valence-electron chi connectivity index (χ4n) is 1.66. The summed E-state index contributed by atoms with van der Waals surface area (Å²) in [5.74, 6) is -1.44. The van der Waals surface area contributed by atoms with Crippen LogP contribution in [-0.2, 0) is 10.0 Å². The molecular formula is C11H9BrClN3O4S. The van der Waals surface area contributed by atoms with Crippen molar-refractivity contribution in [2.45, 2.75) is 11.8 Å². The summed E-state index contributed by atoms with van der Waals surface area (Å²) in [6, 6.07) is 4.57. The van der Waals surface area contributed by atoms with Gasteiger partial charge >= 0.3 is 5.97 Å². The number of aromatic amines is 1. The highest BCUT2D eigenvalue weighted by atomic mass is 79.9. The number of nitrogens with zero attached hydrogens (tertiary/aromatic N) is 1. The van der Waals surface area contributed by atoms with Crippen molar-refractivity contribution in [1.29, 1.82) is 0 Å². The van der Waals surface area contributed by atoms with Crippen LogP contribution in [0.15, 0.2) is 27.6 Å². The molecule has 1 aromatic heterocycles. The lowest BCUT2D eigenvalue weighted by atomic mass is 10.3. The Balaban J connectivity index is 2.48. The number of halogens is 2. The Morgan fingerprint density at radius 2 is 2.14 bits per heavy atom. The standard InChI is InChI=1S/C11H9BrClN3O4S/c1-5-10(9(11(17)18)15-14-5)21(19,20)16-8-3-2-6(12)4-7(8)13/h2-4,16H,1H3,(H,14,15)(H,17,18). The van der Waals surface area contributed by atoms with E-state index in [0.717, 1.165) is 0 Å². The van der Waals surface area contributed by atoms with E-state index in [1.807, 2.05) is 0 Å². The number of sulfonamides is 1. The molecule has 112 valence electrons. The van der Waals surface area contributed by atoms with Crippen LogP contribution in [0.3, 0.4) is 0 Å². The number of carbonyl (C=O) groups is 1. The molecule has 0 saturated carbocycles. The third-order valence-electron chi connectivity index (χ3n) is 2.54. The highest BCUT2D eigenvalue weighted by Crippen LogP contribution is 2.29. The Hall–Kier alpha value is -1.58. The first-order chi connectivity index (χ1) is 9.72. The van der Waals surface area contributed by atoms with Crippen LogP contribution in [0.2, 0.25) is 5.02 Å². The van der Waals surface area contributed by atoms with Crippen LogP contribution in [-0.4, -0.2) is 29.7 Å². The number of aryl methyl sites for hydroxylation is 1. The third kappa shape index (κ3) is 3.20. The van der Waals surface area contributed by atoms with Crippen molar-refractivity contribution in [2.24, 2.45) is 0 Å². The Morgan fingerprint density at radius 3 is 2.71 bits per heavy atom. The summed E-state index contributed by atoms with van der Waals surface area (Å²) in [6.07, 6.45) is 0. The van der Waals surface area contributed by atoms with Crippen LogP contribution < -0.4 is 4.72 Å². The largest absolute Gasteiger partial charge is 0.476 e. The molecule has 21 heavy (non-hydrogen) atoms. The Bertz CT molecular complexity index is 819. The second-order valence-corrected chi connectivity index (χ2v) is 7.00. The summed E-state index contributed by atoms with van der Waals surface area (Å²) in [7, 11) is -4.14. The van der Waals surface area contributed by atoms with Crippen LogP contribution in [0, 0.1) is 6.92 Å². The van der Waals surface area contributed by atoms with Gasteiger partial charge in [-0.15, -0.1) is 0 Å². The molecule has 10 heteroatoms. The summed E-state index contributed by atoms with van der Waals surface area (Å²) >= 11 is 9.14. The lowest BCUT2D eigenvalue weighted by Gasteiger charge is -2.10. The number of aromatic carboxylic acids is 1. The minimum atomic E-state index is -4.14. The Morgan fingerprint density at radius 1 is 1.48 bits per heavy atom. The van der Waals surface area contributed by atoms with Gasteiger partial charge in [0.05, 0.1) is 16.4 Å². The summed E-state index contributed by atoms with van der Waals surface area (Å²) in [5.41, 5.74) is -0.321. The Labute approximate surface area is 133 Å². The topological polar surface area (TPSA) is 112 Å². The first-order valence-electron chi connectivity index (χ1n) is 5.48. The van der Waals surface area contributed by atoms with Gasteiger partial charge in [0.1, 0.15) is 4.90 Å². The number of aromatic nitrogens is 2. The molecule has 2 rings (SSSR count). The first kappa shape index (κ1) is 15.8. The minimum absolute atomic E-state index is 0.119. The zero-order valence-corrected chi connectivity index (χ0v) is 13.7. The van der Waals surface area contributed by atoms with Gasteiger partial charge < -0.3 is 5.11 Å². The monoisotopic (exact) mass is 393 g/mol. The highest BCUT2D eigenvalue weighted by Gasteiger charge is 2.28. The summed E-state index contributed by atoms with van der Waals surface area (Å²) < 4.78 is 27.6. The molecule has 0 unspecified atom stereocenters. The van der Waals surface area contributed by atoms with Gasteiger partial charge in [-0.25, -0.2) is 13.2 Å². The number of H-pyrrole nitrogens is 1. The zero-order chi connectivity index (χ0) is 15.8. The number of hydrogen-bond donors (Lipinski definition) is 3. The van der Waals surface area contributed by atoms with Gasteiger partial charge in [0.25, 0.3) is 10.0 Å². The SMILES string of the molecule is Cc1[nH]nc(C(=O)O)c1S(=O)(=O)Nc1ccc(Br)cc1Cl. The lowest BCUT2D eigenvalue weighted by Crippen LogP contribution is -2.17. The molecular weight excluding hydrogens is 386 g/mol. The summed E-state index contributed by atoms with van der Waals surface area (Å²) in [5, 5.41) is 15.0. The van der Waals surface area contributed by atoms with E-state index >= 15 is 0 Å². The quantitative estimate of drug-likeness (QED) is 0.738. The van der Waals surface area contributed by atoms with Gasteiger partial charge in [-0.1, -0.05) is 27.5 Å². The van der Waals surface area contributed by atoms with Crippen molar-refractivity contribution in [3.05, 3.63) is 39.1 Å². The minimum Gasteiger partial charge on any atom is -0.476 e. The molecule has 0 radical (unpaired) electrons. The van der Waals surface area contributed by atoms with E-state index in [9.17, 15) is 13.2 Å². The smallest absolute Gasteiger partial charge is 0.357 e. The molecule has 0 atom stereocenters. The maximum Gasteiger partial charge on any atom is 0.357 e. The van der Waals surface area contributed by atoms with E-state index in [1.54, 1.807) is 6.07 Å². The van der Waals surface area contributed by atoms with Crippen LogP contribution in [0.1, 0.15) is 16.2 Å². The number of carboxylic acids is 1. The molecule has 0 spiro atoms. The number of carboxylic acid groups (broad SMARTS) is 1. The van der Waals surface area contributed by atoms with Crippen molar-refractivity contribution in [2.75, 3.05) is 4.72 Å². The molecule has 0 saturated heterocycles. The van der Waals surface area contributed by atoms with Gasteiger partial charge in [-0.05, 0) is 25.1 Å². The summed E-state index contributed by atoms with van der Waals surface area (Å²) in [4.78, 5) is 10.6. The second kappa shape index (κ2) is 5.66. The van der Waals surface area contributed by atoms with E-state index < -0.39 is 26.6 Å². The van der Waals surface area contributed by atoms with Crippen molar-refractivity contribution >= 4 is 49.2 Å². The number of nitrogens with one attached hydrogen (secondary N) is 2. The van der Waals surface area contributed by atoms with E-state index in [4.69, 9.17) is 16.7 Å². The molecule has 0 amide bonds. The predicted molar refractivity (Wildman–Crippen MR) is 80.2 cm³/mol. The number of benzene rings is 1. The molecule has 2 aromatic rings. The van der Waals surface area contributed by atoms with E-state index in [1.165, 1.54) is 19.1 Å². The number of rotatable bonds is 4. The van der Waals surface area contributed by atoms with Crippen LogP contribution in [0.5, 0.6) is 0 Å². The molecule has 3 N–H and O–H groups in total. The van der Waals surface area contributed by atoms with E-state index in [-0.39, 0.29) is 16.4 Å². The average molecular weight is 395 g/mol. The Kier molecular flexibility index (Phi) is 4.26. The first-order valence-corrected chi connectivity index (χ1v) is 8.14. The number of hydrogen-bond acceptors (Lipinski definition) is 4. The molecule has 1 aromatic carbocycles. The van der Waals surface area contributed by atoms with Crippen LogP contribution in [0.4, 0.5) is 5.69 Å². The van der Waals surface area contributed by atoms with Gasteiger partial charge in [-0.3, -0.25) is 9.82 Å². The fourth-order valence-corrected chi connectivity index (χ4v) is 3.84. The lowest BCUT2D eigenvalue weighted by molar-refractivity contribution is 0.0686. The van der Waals surface area contributed by atoms with Crippen LogP contribution in [0.25, 0.3) is 0 Å². The van der Waals surface area contributed by atoms with E-state index in [0.29, 0.717) is 4.47 Å². The number of anilines is 1. The average Bonchev–Trinajstić information content (AvgIpc) is 2.76. The third-order valence-corrected chi connectivity index (χ3v) is 4.87. The van der Waals surface area contributed by atoms with Crippen molar-refractivity contribution < 1.29 is 18.3 Å². The van der Waals surface area contributed by atoms with E-state index in [2.05, 4.69) is 30.8 Å². The second-order valence-electron chi connectivity index (χ2n) is 4.06. The van der Waals surface area contributed by atoms with Crippen molar-refractivity contribution in [3.8, 4) is 0 Å². The molecule has 0 fully saturated rings. The summed E-state index contributed by atoms with van der Waals surface area (Å²) in [6.45, 7) is 1.41. The molecule has 0 aliphatic rings. The normalized spacial score (nSPS) is 11.4. The molecule has 0 aliphatic carbocycles. The van der Waals surface area contributed by atoms with Gasteiger partial charge in [0.2, 0.25) is 0 Å². The van der Waals surface area contributed by atoms with Gasteiger partial charge in [0, 0.05) is 4.47 Å². The van der Waals surface area contributed by atoms with Crippen LogP contribution >= 0.6 is 27.5 Å². The molecule has 1 heterocycles. The van der Waals surface area contributed by atoms with Gasteiger partial charge in [0.15, 0.2) is 5.69 Å². The fraction of sp³-hybridized carbons (Fsp3) is 0.0909. The zero-order valence-electron chi connectivity index (χ0n) is 10.5. The maximum absolute atomic E-state index is 12.3. The molecule has 0 bridgehead atoms. The van der Waals surface area contributed by atoms with Crippen molar-refractivity contribution in [3.63, 3.8) is 0 Å². The molecule has 7 nitrogen and oxygen atoms in total.